The molecule has 0 saturated heterocycles. The molecule has 0 atom stereocenters. The van der Waals surface area contributed by atoms with Crippen LogP contribution in [0, 0.1) is 41.5 Å². The smallest absolute Gasteiger partial charge is 0.134 e. The van der Waals surface area contributed by atoms with Crippen LogP contribution in [0.2, 0.25) is 0 Å². The Morgan fingerprint density at radius 1 is 0.654 bits per heavy atom. The lowest BCUT2D eigenvalue weighted by Crippen LogP contribution is -2.28. The molecule has 0 radical (unpaired) electrons. The minimum atomic E-state index is -0.319. The summed E-state index contributed by atoms with van der Waals surface area (Å²) in [5.41, 5.74) is 4.04. The van der Waals surface area contributed by atoms with Crippen LogP contribution >= 0.6 is 0 Å². The summed E-state index contributed by atoms with van der Waals surface area (Å²) in [4.78, 5) is 12.9. The average molecular weight is 359 g/mol. The van der Waals surface area contributed by atoms with Crippen molar-refractivity contribution in [2.24, 2.45) is 0 Å². The molecule has 2 rings (SSSR count). The van der Waals surface area contributed by atoms with Crippen LogP contribution < -0.4 is 0 Å². The number of hydrogen-bond donors (Lipinski definition) is 0. The number of ketones is 1. The maximum Gasteiger partial charge on any atom is 0.134 e. The van der Waals surface area contributed by atoms with Gasteiger partial charge >= 0.3 is 0 Å². The lowest BCUT2D eigenvalue weighted by atomic mass is 9.77. The van der Waals surface area contributed by atoms with Crippen molar-refractivity contribution in [3.05, 3.63) is 45.3 Å². The molecule has 2 aromatic rings. The highest BCUT2D eigenvalue weighted by molar-refractivity contribution is 5.81. The second-order valence-electron chi connectivity index (χ2n) is 9.13. The van der Waals surface area contributed by atoms with Crippen molar-refractivity contribution in [2.45, 2.75) is 92.9 Å². The van der Waals surface area contributed by atoms with Gasteiger partial charge in [0, 0.05) is 23.7 Å². The van der Waals surface area contributed by atoms with Crippen molar-refractivity contribution in [1.82, 2.24) is 0 Å². The van der Waals surface area contributed by atoms with Crippen molar-refractivity contribution >= 4 is 5.78 Å². The van der Waals surface area contributed by atoms with Gasteiger partial charge in [-0.2, -0.15) is 0 Å². The van der Waals surface area contributed by atoms with Gasteiger partial charge in [-0.15, -0.1) is 0 Å². The number of hydrogen-bond acceptors (Lipinski definition) is 3. The van der Waals surface area contributed by atoms with Gasteiger partial charge in [-0.25, -0.2) is 0 Å². The van der Waals surface area contributed by atoms with E-state index in [0.717, 1.165) is 34.2 Å². The topological polar surface area (TPSA) is 43.4 Å². The van der Waals surface area contributed by atoms with Crippen LogP contribution in [-0.2, 0) is 15.6 Å². The first-order valence-corrected chi connectivity index (χ1v) is 9.43. The molecule has 0 aromatic carbocycles. The molecule has 0 aliphatic carbocycles. The minimum absolute atomic E-state index is 0.234. The van der Waals surface area contributed by atoms with E-state index >= 15 is 0 Å². The quantitative estimate of drug-likeness (QED) is 0.606. The first kappa shape index (κ1) is 20.5. The molecule has 26 heavy (non-hydrogen) atoms. The third kappa shape index (κ3) is 3.67. The standard InChI is InChI=1S/C23H34O3/c1-13-15(3)20(25-17(13)5)22(7,8)11-19(24)12-23(9,10)21-16(4)14(2)18(6)26-21/h11-12H2,1-10H3. The Bertz CT molecular complexity index is 760. The molecule has 0 N–H and O–H groups in total. The average Bonchev–Trinajstić information content (AvgIpc) is 2.92. The summed E-state index contributed by atoms with van der Waals surface area (Å²) < 4.78 is 12.0. The van der Waals surface area contributed by atoms with Gasteiger partial charge in [0.1, 0.15) is 28.8 Å². The van der Waals surface area contributed by atoms with E-state index in [0.29, 0.717) is 12.8 Å². The van der Waals surface area contributed by atoms with Crippen LogP contribution in [0.1, 0.15) is 85.8 Å². The molecule has 3 nitrogen and oxygen atoms in total. The highest BCUT2D eigenvalue weighted by Crippen LogP contribution is 2.38. The fourth-order valence-electron chi connectivity index (χ4n) is 3.98. The molecule has 0 unspecified atom stereocenters. The number of Topliss-reactive ketones (excluding diaryl/α,β-unsaturated/α-hetero) is 1. The monoisotopic (exact) mass is 358 g/mol. The molecule has 0 saturated carbocycles. The van der Waals surface area contributed by atoms with Crippen molar-refractivity contribution < 1.29 is 13.6 Å². The van der Waals surface area contributed by atoms with Crippen LogP contribution in [-0.4, -0.2) is 5.78 Å². The van der Waals surface area contributed by atoms with Gasteiger partial charge in [0.05, 0.1) is 0 Å². The maximum atomic E-state index is 12.9. The van der Waals surface area contributed by atoms with Gasteiger partial charge in [0.2, 0.25) is 0 Å². The van der Waals surface area contributed by atoms with Gasteiger partial charge in [-0.05, 0) is 63.8 Å². The molecular formula is C23H34O3. The Morgan fingerprint density at radius 3 is 1.19 bits per heavy atom. The third-order valence-electron chi connectivity index (χ3n) is 5.88. The first-order chi connectivity index (χ1) is 11.8. The second kappa shape index (κ2) is 6.75. The van der Waals surface area contributed by atoms with Crippen molar-refractivity contribution in [1.29, 1.82) is 0 Å². The largest absolute Gasteiger partial charge is 0.465 e. The lowest BCUT2D eigenvalue weighted by molar-refractivity contribution is -0.121. The Balaban J connectivity index is 2.21. The summed E-state index contributed by atoms with van der Waals surface area (Å²) in [5, 5.41) is 0. The van der Waals surface area contributed by atoms with Crippen LogP contribution in [0.15, 0.2) is 8.83 Å². The summed E-state index contributed by atoms with van der Waals surface area (Å²) >= 11 is 0. The maximum absolute atomic E-state index is 12.9. The molecule has 0 bridgehead atoms. The third-order valence-corrected chi connectivity index (χ3v) is 5.88. The minimum Gasteiger partial charge on any atom is -0.465 e. The van der Waals surface area contributed by atoms with E-state index in [2.05, 4.69) is 55.4 Å². The summed E-state index contributed by atoms with van der Waals surface area (Å²) in [5.74, 6) is 3.97. The fourth-order valence-corrected chi connectivity index (χ4v) is 3.98. The van der Waals surface area contributed by atoms with E-state index in [1.165, 1.54) is 11.1 Å². The van der Waals surface area contributed by atoms with Crippen molar-refractivity contribution in [3.8, 4) is 0 Å². The molecule has 0 amide bonds. The van der Waals surface area contributed by atoms with Gasteiger partial charge in [0.15, 0.2) is 0 Å². The van der Waals surface area contributed by atoms with E-state index in [1.807, 2.05) is 13.8 Å². The van der Waals surface area contributed by atoms with Gasteiger partial charge in [-0.3, -0.25) is 4.79 Å². The highest BCUT2D eigenvalue weighted by atomic mass is 16.3. The van der Waals surface area contributed by atoms with E-state index in [-0.39, 0.29) is 16.6 Å². The molecule has 0 aliphatic rings. The van der Waals surface area contributed by atoms with Crippen molar-refractivity contribution in [3.63, 3.8) is 0 Å². The van der Waals surface area contributed by atoms with E-state index in [1.54, 1.807) is 0 Å². The van der Waals surface area contributed by atoms with E-state index in [9.17, 15) is 4.79 Å². The predicted molar refractivity (Wildman–Crippen MR) is 106 cm³/mol. The Kier molecular flexibility index (Phi) is 5.34. The molecular weight excluding hydrogens is 324 g/mol. The predicted octanol–water partition coefficient (Wildman–Crippen LogP) is 6.33. The Hall–Kier alpha value is -1.77. The fraction of sp³-hybridized carbons (Fsp3) is 0.609. The highest BCUT2D eigenvalue weighted by Gasteiger charge is 2.35. The second-order valence-corrected chi connectivity index (χ2v) is 9.13. The number of carbonyl (C=O) groups excluding carboxylic acids is 1. The Labute approximate surface area is 158 Å². The molecule has 2 heterocycles. The van der Waals surface area contributed by atoms with E-state index in [4.69, 9.17) is 8.83 Å². The SMILES string of the molecule is Cc1oc(C(C)(C)CC(=O)CC(C)(C)c2oc(C)c(C)c2C)c(C)c1C. The normalized spacial score (nSPS) is 12.7. The first-order valence-electron chi connectivity index (χ1n) is 9.43. The zero-order chi connectivity index (χ0) is 20.0. The summed E-state index contributed by atoms with van der Waals surface area (Å²) in [6.07, 6.45) is 0.919. The molecule has 3 heteroatoms. The summed E-state index contributed by atoms with van der Waals surface area (Å²) in [6, 6.07) is 0. The summed E-state index contributed by atoms with van der Waals surface area (Å²) in [7, 11) is 0. The molecule has 0 spiro atoms. The van der Waals surface area contributed by atoms with Gasteiger partial charge in [0.25, 0.3) is 0 Å². The molecule has 0 aliphatic heterocycles. The molecule has 2 aromatic heterocycles. The van der Waals surface area contributed by atoms with Gasteiger partial charge < -0.3 is 8.83 Å². The zero-order valence-electron chi connectivity index (χ0n) is 18.1. The summed E-state index contributed by atoms with van der Waals surface area (Å²) in [6.45, 7) is 20.6. The lowest BCUT2D eigenvalue weighted by Gasteiger charge is -2.27. The number of rotatable bonds is 6. The zero-order valence-corrected chi connectivity index (χ0v) is 18.1. The van der Waals surface area contributed by atoms with Crippen LogP contribution in [0.5, 0.6) is 0 Å². The van der Waals surface area contributed by atoms with Gasteiger partial charge in [-0.1, -0.05) is 27.7 Å². The van der Waals surface area contributed by atoms with Crippen LogP contribution in [0.3, 0.4) is 0 Å². The molecule has 144 valence electrons. The van der Waals surface area contributed by atoms with E-state index < -0.39 is 0 Å². The Morgan fingerprint density at radius 2 is 0.962 bits per heavy atom. The number of carbonyl (C=O) groups is 1. The van der Waals surface area contributed by atoms with Crippen molar-refractivity contribution in [2.75, 3.05) is 0 Å². The molecule has 0 fully saturated rings. The number of furan rings is 2. The van der Waals surface area contributed by atoms with Crippen LogP contribution in [0.4, 0.5) is 0 Å². The number of aryl methyl sites for hydroxylation is 2. The van der Waals surface area contributed by atoms with Crippen LogP contribution in [0.25, 0.3) is 0 Å².